The second-order valence-electron chi connectivity index (χ2n) is 7.86. The van der Waals surface area contributed by atoms with E-state index in [0.717, 1.165) is 17.3 Å². The van der Waals surface area contributed by atoms with Crippen LogP contribution < -0.4 is 4.74 Å². The van der Waals surface area contributed by atoms with Gasteiger partial charge in [-0.25, -0.2) is 9.37 Å². The summed E-state index contributed by atoms with van der Waals surface area (Å²) in [5, 5.41) is 8.67. The summed E-state index contributed by atoms with van der Waals surface area (Å²) in [6, 6.07) is 6.74. The lowest BCUT2D eigenvalue weighted by Gasteiger charge is -2.45. The van der Waals surface area contributed by atoms with Crippen LogP contribution in [0.2, 0.25) is 0 Å². The summed E-state index contributed by atoms with van der Waals surface area (Å²) in [6.07, 6.45) is 1.11. The van der Waals surface area contributed by atoms with E-state index in [-0.39, 0.29) is 23.7 Å². The van der Waals surface area contributed by atoms with Gasteiger partial charge in [-0.3, -0.25) is 4.79 Å². The van der Waals surface area contributed by atoms with Crippen molar-refractivity contribution in [2.45, 2.75) is 32.5 Å². The molecule has 9 heteroatoms. The fourth-order valence-electron chi connectivity index (χ4n) is 4.34. The monoisotopic (exact) mass is 423 g/mol. The standard InChI is InChI=1S/C22H22FN5O3/c1-12-5-4-6-15(13(12)2)22(29)28-14-9-27-20(17-7-19(30-3)16(23)8-24-17)25-26-21(27)18(28)11-31-10-14/h4-8,14,18H,9-11H2,1-3H3/t14-,18-/m1/s1. The van der Waals surface area contributed by atoms with E-state index in [9.17, 15) is 9.18 Å². The minimum atomic E-state index is -0.541. The van der Waals surface area contributed by atoms with Crippen molar-refractivity contribution in [1.82, 2.24) is 24.6 Å². The van der Waals surface area contributed by atoms with Gasteiger partial charge in [-0.15, -0.1) is 10.2 Å². The number of morpholine rings is 1. The molecule has 0 saturated carbocycles. The maximum absolute atomic E-state index is 13.8. The second kappa shape index (κ2) is 7.42. The molecule has 3 aromatic rings. The van der Waals surface area contributed by atoms with E-state index in [1.807, 2.05) is 41.5 Å². The third-order valence-corrected chi connectivity index (χ3v) is 6.12. The van der Waals surface area contributed by atoms with E-state index >= 15 is 0 Å². The van der Waals surface area contributed by atoms with Crippen molar-refractivity contribution < 1.29 is 18.7 Å². The van der Waals surface area contributed by atoms with Gasteiger partial charge in [-0.2, -0.15) is 0 Å². The number of pyridine rings is 1. The molecule has 1 saturated heterocycles. The molecule has 4 heterocycles. The van der Waals surface area contributed by atoms with Crippen LogP contribution in [0.15, 0.2) is 30.5 Å². The predicted molar refractivity (Wildman–Crippen MR) is 109 cm³/mol. The zero-order valence-electron chi connectivity index (χ0n) is 17.5. The van der Waals surface area contributed by atoms with Crippen LogP contribution in [-0.2, 0) is 11.3 Å². The predicted octanol–water partition coefficient (Wildman–Crippen LogP) is 2.70. The summed E-state index contributed by atoms with van der Waals surface area (Å²) < 4.78 is 26.6. The van der Waals surface area contributed by atoms with Gasteiger partial charge in [-0.1, -0.05) is 12.1 Å². The molecule has 2 aliphatic rings. The molecule has 1 fully saturated rings. The average Bonchev–Trinajstić information content (AvgIpc) is 3.18. The zero-order valence-corrected chi connectivity index (χ0v) is 17.5. The summed E-state index contributed by atoms with van der Waals surface area (Å²) in [6.45, 7) is 5.19. The van der Waals surface area contributed by atoms with Crippen molar-refractivity contribution in [1.29, 1.82) is 0 Å². The molecule has 2 aromatic heterocycles. The highest BCUT2D eigenvalue weighted by molar-refractivity contribution is 5.96. The summed E-state index contributed by atoms with van der Waals surface area (Å²) in [7, 11) is 1.40. The molecular weight excluding hydrogens is 401 g/mol. The van der Waals surface area contributed by atoms with E-state index in [1.54, 1.807) is 0 Å². The lowest BCUT2D eigenvalue weighted by molar-refractivity contribution is -0.0569. The Labute approximate surface area is 178 Å². The first kappa shape index (κ1) is 19.6. The summed E-state index contributed by atoms with van der Waals surface area (Å²) in [5.74, 6) is 0.671. The highest BCUT2D eigenvalue weighted by atomic mass is 19.1. The summed E-state index contributed by atoms with van der Waals surface area (Å²) >= 11 is 0. The number of aryl methyl sites for hydroxylation is 1. The van der Waals surface area contributed by atoms with E-state index in [2.05, 4.69) is 15.2 Å². The zero-order chi connectivity index (χ0) is 21.7. The average molecular weight is 423 g/mol. The minimum Gasteiger partial charge on any atom is -0.494 e. The lowest BCUT2D eigenvalue weighted by Crippen LogP contribution is -2.56. The van der Waals surface area contributed by atoms with Gasteiger partial charge in [-0.05, 0) is 31.0 Å². The molecule has 2 bridgehead atoms. The first-order valence-corrected chi connectivity index (χ1v) is 10.1. The van der Waals surface area contributed by atoms with Crippen molar-refractivity contribution in [2.24, 2.45) is 0 Å². The molecule has 0 aliphatic carbocycles. The molecule has 160 valence electrons. The topological polar surface area (TPSA) is 82.4 Å². The van der Waals surface area contributed by atoms with Crippen LogP contribution in [-0.4, -0.2) is 56.9 Å². The van der Waals surface area contributed by atoms with Gasteiger partial charge in [0.1, 0.15) is 11.7 Å². The number of fused-ring (bicyclic) bond motifs is 4. The Hall–Kier alpha value is -3.33. The van der Waals surface area contributed by atoms with Crippen LogP contribution >= 0.6 is 0 Å². The van der Waals surface area contributed by atoms with Crippen molar-refractivity contribution in [2.75, 3.05) is 20.3 Å². The number of amides is 1. The molecule has 8 nitrogen and oxygen atoms in total. The number of aromatic nitrogens is 4. The van der Waals surface area contributed by atoms with Gasteiger partial charge < -0.3 is 18.9 Å². The number of hydrogen-bond donors (Lipinski definition) is 0. The molecule has 0 radical (unpaired) electrons. The maximum atomic E-state index is 13.8. The number of hydrogen-bond acceptors (Lipinski definition) is 6. The molecule has 2 aliphatic heterocycles. The largest absolute Gasteiger partial charge is 0.494 e. The SMILES string of the molecule is COc1cc(-c2nnc3n2C[C@@H]2COC[C@H]3N2C(=O)c2cccc(C)c2C)ncc1F. The third kappa shape index (κ3) is 3.07. The Morgan fingerprint density at radius 2 is 2.10 bits per heavy atom. The third-order valence-electron chi connectivity index (χ3n) is 6.12. The van der Waals surface area contributed by atoms with Crippen molar-refractivity contribution >= 4 is 5.91 Å². The molecule has 0 spiro atoms. The molecule has 5 rings (SSSR count). The van der Waals surface area contributed by atoms with Crippen molar-refractivity contribution in [3.63, 3.8) is 0 Å². The van der Waals surface area contributed by atoms with Gasteiger partial charge in [0.25, 0.3) is 5.91 Å². The van der Waals surface area contributed by atoms with Crippen LogP contribution in [0.5, 0.6) is 5.75 Å². The number of halogens is 1. The summed E-state index contributed by atoms with van der Waals surface area (Å²) in [4.78, 5) is 19.6. The number of methoxy groups -OCH3 is 1. The van der Waals surface area contributed by atoms with Crippen molar-refractivity contribution in [3.8, 4) is 17.3 Å². The minimum absolute atomic E-state index is 0.0307. The van der Waals surface area contributed by atoms with Crippen LogP contribution in [0.3, 0.4) is 0 Å². The highest BCUT2D eigenvalue weighted by Gasteiger charge is 2.44. The fourth-order valence-corrected chi connectivity index (χ4v) is 4.34. The number of ether oxygens (including phenoxy) is 2. The molecule has 1 amide bonds. The van der Waals surface area contributed by atoms with E-state index < -0.39 is 5.82 Å². The number of nitrogens with zero attached hydrogens (tertiary/aromatic N) is 5. The van der Waals surface area contributed by atoms with Crippen LogP contribution in [0.4, 0.5) is 4.39 Å². The number of carbonyl (C=O) groups is 1. The Bertz CT molecular complexity index is 1180. The molecular formula is C22H22FN5O3. The highest BCUT2D eigenvalue weighted by Crippen LogP contribution is 2.36. The smallest absolute Gasteiger partial charge is 0.255 e. The van der Waals surface area contributed by atoms with Gasteiger partial charge in [0.2, 0.25) is 0 Å². The van der Waals surface area contributed by atoms with Gasteiger partial charge in [0.15, 0.2) is 23.2 Å². The van der Waals surface area contributed by atoms with Gasteiger partial charge in [0, 0.05) is 18.2 Å². The fraction of sp³-hybridized carbons (Fsp3) is 0.364. The van der Waals surface area contributed by atoms with E-state index in [0.29, 0.717) is 42.7 Å². The Morgan fingerprint density at radius 1 is 1.26 bits per heavy atom. The molecule has 0 N–H and O–H groups in total. The second-order valence-corrected chi connectivity index (χ2v) is 7.86. The number of carbonyl (C=O) groups excluding carboxylic acids is 1. The van der Waals surface area contributed by atoms with Gasteiger partial charge in [0.05, 0.1) is 32.6 Å². The van der Waals surface area contributed by atoms with Gasteiger partial charge >= 0.3 is 0 Å². The Morgan fingerprint density at radius 3 is 2.90 bits per heavy atom. The van der Waals surface area contributed by atoms with Crippen molar-refractivity contribution in [3.05, 3.63) is 58.8 Å². The number of rotatable bonds is 3. The van der Waals surface area contributed by atoms with E-state index in [1.165, 1.54) is 13.2 Å². The van der Waals surface area contributed by atoms with Crippen LogP contribution in [0, 0.1) is 19.7 Å². The molecule has 1 aromatic carbocycles. The Balaban J connectivity index is 1.55. The van der Waals surface area contributed by atoms with E-state index in [4.69, 9.17) is 9.47 Å². The maximum Gasteiger partial charge on any atom is 0.255 e. The van der Waals surface area contributed by atoms with Crippen LogP contribution in [0.1, 0.15) is 33.4 Å². The quantitative estimate of drug-likeness (QED) is 0.644. The first-order valence-electron chi connectivity index (χ1n) is 10.1. The lowest BCUT2D eigenvalue weighted by atomic mass is 9.98. The molecule has 31 heavy (non-hydrogen) atoms. The number of benzene rings is 1. The normalized spacial score (nSPS) is 19.8. The Kier molecular flexibility index (Phi) is 4.70. The molecule has 2 atom stereocenters. The molecule has 0 unspecified atom stereocenters. The van der Waals surface area contributed by atoms with Crippen LogP contribution in [0.25, 0.3) is 11.5 Å². The first-order chi connectivity index (χ1) is 15.0. The summed E-state index contributed by atoms with van der Waals surface area (Å²) in [5.41, 5.74) is 3.20.